The highest BCUT2D eigenvalue weighted by Crippen LogP contribution is 2.37. The molecule has 0 aliphatic rings. The fourth-order valence-electron chi connectivity index (χ4n) is 3.58. The Bertz CT molecular complexity index is 1480. The number of halogens is 1. The molecule has 5 aromatic rings. The summed E-state index contributed by atoms with van der Waals surface area (Å²) in [7, 11) is 1.56. The van der Waals surface area contributed by atoms with Crippen molar-refractivity contribution in [2.24, 2.45) is 0 Å². The van der Waals surface area contributed by atoms with Crippen LogP contribution in [0.3, 0.4) is 0 Å². The molecule has 0 spiro atoms. The Kier molecular flexibility index (Phi) is 5.36. The normalized spacial score (nSPS) is 11.2. The van der Waals surface area contributed by atoms with Gasteiger partial charge in [0.05, 0.1) is 17.1 Å². The van der Waals surface area contributed by atoms with E-state index in [1.165, 1.54) is 11.3 Å². The van der Waals surface area contributed by atoms with Gasteiger partial charge in [-0.15, -0.1) is 10.2 Å². The molecular formula is C23H18BrN5O2S. The topological polar surface area (TPSA) is 81.4 Å². The number of nitrogens with zero attached hydrogens (tertiary/aromatic N) is 4. The fourth-order valence-corrected chi connectivity index (χ4v) is 5.17. The van der Waals surface area contributed by atoms with Crippen molar-refractivity contribution < 1.29 is 9.53 Å². The highest BCUT2D eigenvalue weighted by atomic mass is 79.9. The Morgan fingerprint density at radius 1 is 1.16 bits per heavy atom. The first-order valence-electron chi connectivity index (χ1n) is 9.97. The summed E-state index contributed by atoms with van der Waals surface area (Å²) in [5.41, 5.74) is 2.02. The molecule has 0 unspecified atom stereocenters. The number of rotatable bonds is 5. The van der Waals surface area contributed by atoms with Crippen LogP contribution in [0, 0.1) is 0 Å². The third-order valence-electron chi connectivity index (χ3n) is 5.13. The summed E-state index contributed by atoms with van der Waals surface area (Å²) in [5.74, 6) is 1.07. The van der Waals surface area contributed by atoms with Crippen LogP contribution in [0.25, 0.3) is 26.3 Å². The zero-order valence-electron chi connectivity index (χ0n) is 17.3. The lowest BCUT2D eigenvalue weighted by molar-refractivity contribution is 0.102. The van der Waals surface area contributed by atoms with Gasteiger partial charge < -0.3 is 10.1 Å². The molecule has 1 amide bonds. The maximum Gasteiger partial charge on any atom is 0.259 e. The maximum absolute atomic E-state index is 13.2. The van der Waals surface area contributed by atoms with Crippen molar-refractivity contribution in [3.05, 3.63) is 70.5 Å². The number of nitrogens with one attached hydrogen (secondary N) is 1. The lowest BCUT2D eigenvalue weighted by Gasteiger charge is -2.14. The van der Waals surface area contributed by atoms with Crippen LogP contribution in [-0.4, -0.2) is 32.8 Å². The standard InChI is InChI=1S/C23H18BrN5O2S/c1-3-18-26-27-23-29(18)28-22(32-23)14-8-6-9-15(11-14)25-21(30)17-12-13-7-4-5-10-16(13)19(24)20(17)31-2/h4-12H,3H2,1-2H3,(H,25,30). The van der Waals surface area contributed by atoms with Crippen molar-refractivity contribution in [1.29, 1.82) is 0 Å². The van der Waals surface area contributed by atoms with Crippen molar-refractivity contribution in [3.8, 4) is 16.3 Å². The van der Waals surface area contributed by atoms with Crippen LogP contribution in [0.2, 0.25) is 0 Å². The Morgan fingerprint density at radius 2 is 2.00 bits per heavy atom. The molecule has 32 heavy (non-hydrogen) atoms. The van der Waals surface area contributed by atoms with Gasteiger partial charge in [0.1, 0.15) is 10.8 Å². The number of ether oxygens (including phenoxy) is 1. The van der Waals surface area contributed by atoms with Crippen LogP contribution in [0.1, 0.15) is 23.1 Å². The van der Waals surface area contributed by atoms with E-state index in [9.17, 15) is 4.79 Å². The molecule has 7 nitrogen and oxygen atoms in total. The molecule has 9 heteroatoms. The van der Waals surface area contributed by atoms with Crippen LogP contribution < -0.4 is 10.1 Å². The number of carbonyl (C=O) groups is 1. The van der Waals surface area contributed by atoms with E-state index < -0.39 is 0 Å². The SMILES string of the molecule is CCc1nnc2sc(-c3cccc(NC(=O)c4cc5ccccc5c(Br)c4OC)c3)nn12. The number of methoxy groups -OCH3 is 1. The first kappa shape index (κ1) is 20.6. The third-order valence-corrected chi connectivity index (χ3v) is 6.86. The van der Waals surface area contributed by atoms with Crippen LogP contribution >= 0.6 is 27.3 Å². The summed E-state index contributed by atoms with van der Waals surface area (Å²) in [6.07, 6.45) is 0.754. The number of fused-ring (bicyclic) bond motifs is 2. The lowest BCUT2D eigenvalue weighted by atomic mass is 10.0. The summed E-state index contributed by atoms with van der Waals surface area (Å²) in [5, 5.41) is 18.7. The number of carbonyl (C=O) groups excluding carboxylic acids is 1. The second-order valence-electron chi connectivity index (χ2n) is 7.10. The third kappa shape index (κ3) is 3.53. The molecule has 0 aliphatic carbocycles. The van der Waals surface area contributed by atoms with Gasteiger partial charge in [0.15, 0.2) is 5.82 Å². The molecular weight excluding hydrogens is 490 g/mol. The van der Waals surface area contributed by atoms with Gasteiger partial charge in [-0.2, -0.15) is 9.61 Å². The van der Waals surface area contributed by atoms with Crippen molar-refractivity contribution >= 4 is 54.6 Å². The van der Waals surface area contributed by atoms with Crippen LogP contribution in [0.5, 0.6) is 5.75 Å². The first-order chi connectivity index (χ1) is 15.6. The molecule has 2 heterocycles. The van der Waals surface area contributed by atoms with Gasteiger partial charge >= 0.3 is 0 Å². The van der Waals surface area contributed by atoms with Crippen molar-refractivity contribution in [1.82, 2.24) is 19.8 Å². The molecule has 0 bridgehead atoms. The molecule has 0 saturated carbocycles. The van der Waals surface area contributed by atoms with Crippen molar-refractivity contribution in [2.45, 2.75) is 13.3 Å². The van der Waals surface area contributed by atoms with Gasteiger partial charge in [0, 0.05) is 17.7 Å². The van der Waals surface area contributed by atoms with Gasteiger partial charge in [-0.05, 0) is 44.9 Å². The lowest BCUT2D eigenvalue weighted by Crippen LogP contribution is -2.13. The van der Waals surface area contributed by atoms with E-state index in [-0.39, 0.29) is 5.91 Å². The molecule has 2 aromatic heterocycles. The van der Waals surface area contributed by atoms with Gasteiger partial charge in [0.25, 0.3) is 5.91 Å². The highest BCUT2D eigenvalue weighted by molar-refractivity contribution is 9.10. The summed E-state index contributed by atoms with van der Waals surface area (Å²) in [6.45, 7) is 2.02. The minimum absolute atomic E-state index is 0.253. The summed E-state index contributed by atoms with van der Waals surface area (Å²) in [4.78, 5) is 13.9. The highest BCUT2D eigenvalue weighted by Gasteiger charge is 2.19. The van der Waals surface area contributed by atoms with Gasteiger partial charge in [0.2, 0.25) is 4.96 Å². The van der Waals surface area contributed by atoms with Gasteiger partial charge in [-0.3, -0.25) is 4.79 Å². The van der Waals surface area contributed by atoms with E-state index in [4.69, 9.17) is 4.74 Å². The molecule has 1 N–H and O–H groups in total. The average Bonchev–Trinajstić information content (AvgIpc) is 3.40. The number of aromatic nitrogens is 4. The molecule has 5 rings (SSSR count). The second kappa shape index (κ2) is 8.33. The van der Waals surface area contributed by atoms with Crippen LogP contribution in [-0.2, 0) is 6.42 Å². The van der Waals surface area contributed by atoms with Crippen molar-refractivity contribution in [3.63, 3.8) is 0 Å². The first-order valence-corrected chi connectivity index (χ1v) is 11.6. The zero-order valence-corrected chi connectivity index (χ0v) is 19.7. The molecule has 160 valence electrons. The largest absolute Gasteiger partial charge is 0.495 e. The number of aryl methyl sites for hydroxylation is 1. The minimum Gasteiger partial charge on any atom is -0.495 e. The molecule has 0 atom stereocenters. The Balaban J connectivity index is 1.48. The second-order valence-corrected chi connectivity index (χ2v) is 8.85. The summed E-state index contributed by atoms with van der Waals surface area (Å²) >= 11 is 5.05. The van der Waals surface area contributed by atoms with E-state index in [1.807, 2.05) is 61.5 Å². The molecule has 0 fully saturated rings. The van der Waals surface area contributed by atoms with E-state index in [0.29, 0.717) is 17.0 Å². The zero-order chi connectivity index (χ0) is 22.2. The number of hydrogen-bond donors (Lipinski definition) is 1. The minimum atomic E-state index is -0.253. The molecule has 0 saturated heterocycles. The number of hydrogen-bond acceptors (Lipinski definition) is 6. The molecule has 0 aliphatic heterocycles. The van der Waals surface area contributed by atoms with E-state index in [0.717, 1.165) is 43.0 Å². The van der Waals surface area contributed by atoms with Gasteiger partial charge in [-0.25, -0.2) is 0 Å². The Labute approximate surface area is 196 Å². The fraction of sp³-hybridized carbons (Fsp3) is 0.130. The monoisotopic (exact) mass is 507 g/mol. The van der Waals surface area contributed by atoms with Gasteiger partial charge in [-0.1, -0.05) is 54.7 Å². The summed E-state index contributed by atoms with van der Waals surface area (Å²) in [6, 6.07) is 17.3. The van der Waals surface area contributed by atoms with E-state index in [1.54, 1.807) is 11.6 Å². The number of benzene rings is 3. The van der Waals surface area contributed by atoms with Crippen LogP contribution in [0.15, 0.2) is 59.1 Å². The Hall–Kier alpha value is -3.30. The van der Waals surface area contributed by atoms with E-state index in [2.05, 4.69) is 36.5 Å². The average molecular weight is 508 g/mol. The van der Waals surface area contributed by atoms with Crippen LogP contribution in [0.4, 0.5) is 5.69 Å². The quantitative estimate of drug-likeness (QED) is 0.335. The number of anilines is 1. The molecule has 3 aromatic carbocycles. The smallest absolute Gasteiger partial charge is 0.259 e. The maximum atomic E-state index is 13.2. The Morgan fingerprint density at radius 3 is 2.81 bits per heavy atom. The van der Waals surface area contributed by atoms with Crippen molar-refractivity contribution in [2.75, 3.05) is 12.4 Å². The summed E-state index contributed by atoms with van der Waals surface area (Å²) < 4.78 is 8.07. The predicted molar refractivity (Wildman–Crippen MR) is 130 cm³/mol. The molecule has 0 radical (unpaired) electrons. The predicted octanol–water partition coefficient (Wildman–Crippen LogP) is 5.59. The van der Waals surface area contributed by atoms with E-state index >= 15 is 0 Å². The number of amides is 1.